The summed E-state index contributed by atoms with van der Waals surface area (Å²) in [5.41, 5.74) is -1.79. The van der Waals surface area contributed by atoms with E-state index in [1.54, 1.807) is 0 Å². The standard InChI is InChI=1S/C17H25N3O18P2/c1-5(21)18-8-10(24)11(25)13(15(27)28)36-16(8)37-40(32,33)38-39(30,31)34-4-6-9(23)12(26)14(35-6)20-3-2-7(22)19-17(20)29/h2-3,6,8-14,16,23-26H,4H2,1H3,(H,18,21)(H,27,28)(H,30,31)(H,32,33)(H,19,22,29). The molecular formula is C17H25N3O18P2. The van der Waals surface area contributed by atoms with Crippen molar-refractivity contribution in [1.82, 2.24) is 14.9 Å². The van der Waals surface area contributed by atoms with E-state index >= 15 is 0 Å². The van der Waals surface area contributed by atoms with Crippen molar-refractivity contribution in [1.29, 1.82) is 0 Å². The summed E-state index contributed by atoms with van der Waals surface area (Å²) < 4.78 is 48.7. The lowest BCUT2D eigenvalue weighted by molar-refractivity contribution is -0.243. The van der Waals surface area contributed by atoms with Crippen LogP contribution in [0.3, 0.4) is 0 Å². The number of H-pyrrole nitrogens is 1. The predicted molar refractivity (Wildman–Crippen MR) is 121 cm³/mol. The molecule has 9 N–H and O–H groups in total. The number of hydrogen-bond donors (Lipinski definition) is 9. The van der Waals surface area contributed by atoms with Crippen molar-refractivity contribution < 1.29 is 76.9 Å². The topological polar surface area (TPSA) is 323 Å². The van der Waals surface area contributed by atoms with Gasteiger partial charge in [0.1, 0.15) is 36.6 Å². The minimum atomic E-state index is -5.76. The van der Waals surface area contributed by atoms with Crippen LogP contribution in [0, 0.1) is 0 Å². The molecule has 1 amide bonds. The highest BCUT2D eigenvalue weighted by molar-refractivity contribution is 7.61. The molecule has 0 saturated carbocycles. The molecule has 0 aliphatic carbocycles. The molecule has 0 aromatic carbocycles. The third kappa shape index (κ3) is 7.47. The zero-order valence-electron chi connectivity index (χ0n) is 20.0. The number of aliphatic hydroxyl groups is 4. The van der Waals surface area contributed by atoms with Crippen LogP contribution in [0.5, 0.6) is 0 Å². The van der Waals surface area contributed by atoms with Gasteiger partial charge in [-0.25, -0.2) is 18.7 Å². The first-order valence-corrected chi connectivity index (χ1v) is 14.0. The minimum Gasteiger partial charge on any atom is -0.479 e. The van der Waals surface area contributed by atoms with Crippen LogP contribution in [-0.4, -0.2) is 112 Å². The number of carboxylic acid groups (broad SMARTS) is 1. The van der Waals surface area contributed by atoms with E-state index in [0.29, 0.717) is 4.57 Å². The maximum Gasteiger partial charge on any atom is 0.483 e. The number of rotatable bonds is 10. The quantitative estimate of drug-likeness (QED) is 0.111. The molecule has 21 nitrogen and oxygen atoms in total. The van der Waals surface area contributed by atoms with Gasteiger partial charge in [-0.05, 0) is 0 Å². The van der Waals surface area contributed by atoms with E-state index in [9.17, 15) is 58.5 Å². The SMILES string of the molecule is CC(=O)NC1C(OP(=O)(O)OP(=O)(O)OCC2OC(n3ccc(=O)[nH]c3=O)C(O)C2O)OC(C(=O)O)C(O)C1O. The summed E-state index contributed by atoms with van der Waals surface area (Å²) >= 11 is 0. The number of hydrogen-bond acceptors (Lipinski definition) is 15. The van der Waals surface area contributed by atoms with Gasteiger partial charge in [0.25, 0.3) is 5.56 Å². The number of amides is 1. The van der Waals surface area contributed by atoms with E-state index in [2.05, 4.69) is 13.4 Å². The maximum atomic E-state index is 12.4. The molecule has 1 aromatic rings. The van der Waals surface area contributed by atoms with Crippen molar-refractivity contribution in [3.8, 4) is 0 Å². The summed E-state index contributed by atoms with van der Waals surface area (Å²) in [6, 6.07) is -0.949. The van der Waals surface area contributed by atoms with Crippen LogP contribution >= 0.6 is 15.6 Å². The lowest BCUT2D eigenvalue weighted by atomic mass is 9.97. The zero-order valence-corrected chi connectivity index (χ0v) is 21.8. The monoisotopic (exact) mass is 621 g/mol. The summed E-state index contributed by atoms with van der Waals surface area (Å²) in [6.07, 6.45) is -14.7. The summed E-state index contributed by atoms with van der Waals surface area (Å²) in [6.45, 7) is -0.153. The maximum absolute atomic E-state index is 12.4. The average molecular weight is 621 g/mol. The second-order valence-electron chi connectivity index (χ2n) is 8.45. The van der Waals surface area contributed by atoms with Crippen molar-refractivity contribution in [3.63, 3.8) is 0 Å². The number of aliphatic hydroxyl groups excluding tert-OH is 4. The first kappa shape index (κ1) is 32.2. The Balaban J connectivity index is 1.68. The Bertz CT molecular complexity index is 1320. The number of ether oxygens (including phenoxy) is 2. The van der Waals surface area contributed by atoms with Crippen molar-refractivity contribution in [2.75, 3.05) is 6.61 Å². The Morgan fingerprint density at radius 3 is 2.27 bits per heavy atom. The van der Waals surface area contributed by atoms with Crippen LogP contribution in [0.1, 0.15) is 13.2 Å². The molecule has 40 heavy (non-hydrogen) atoms. The molecule has 11 unspecified atom stereocenters. The van der Waals surface area contributed by atoms with Crippen LogP contribution in [0.15, 0.2) is 21.9 Å². The molecule has 3 heterocycles. The lowest BCUT2D eigenvalue weighted by Gasteiger charge is -2.41. The second-order valence-corrected chi connectivity index (χ2v) is 11.5. The molecule has 2 aliphatic rings. The average Bonchev–Trinajstić information content (AvgIpc) is 3.09. The lowest BCUT2D eigenvalue weighted by Crippen LogP contribution is -2.65. The molecule has 0 bridgehead atoms. The van der Waals surface area contributed by atoms with E-state index in [4.69, 9.17) is 14.6 Å². The van der Waals surface area contributed by atoms with Crippen LogP contribution in [0.25, 0.3) is 0 Å². The van der Waals surface area contributed by atoms with Gasteiger partial charge in [-0.15, -0.1) is 0 Å². The molecule has 0 radical (unpaired) electrons. The van der Waals surface area contributed by atoms with E-state index in [-0.39, 0.29) is 0 Å². The van der Waals surface area contributed by atoms with E-state index < -0.39 is 101 Å². The number of phosphoric ester groups is 2. The summed E-state index contributed by atoms with van der Waals surface area (Å²) in [5, 5.41) is 51.6. The highest BCUT2D eigenvalue weighted by atomic mass is 31.3. The molecule has 11 atom stereocenters. The normalized spacial score (nSPS) is 35.4. The van der Waals surface area contributed by atoms with Gasteiger partial charge in [-0.1, -0.05) is 0 Å². The first-order chi connectivity index (χ1) is 18.4. The molecule has 3 rings (SSSR count). The van der Waals surface area contributed by atoms with Gasteiger partial charge in [0, 0.05) is 19.2 Å². The summed E-state index contributed by atoms with van der Waals surface area (Å²) in [5.74, 6) is -2.72. The van der Waals surface area contributed by atoms with E-state index in [1.165, 1.54) is 0 Å². The molecule has 2 saturated heterocycles. The molecule has 0 spiro atoms. The molecule has 226 valence electrons. The second kappa shape index (κ2) is 12.2. The Hall–Kier alpha value is -2.36. The van der Waals surface area contributed by atoms with Crippen LogP contribution in [0.4, 0.5) is 0 Å². The number of phosphoric acid groups is 2. The van der Waals surface area contributed by atoms with Crippen molar-refractivity contribution >= 4 is 27.5 Å². The van der Waals surface area contributed by atoms with Gasteiger partial charge in [0.05, 0.1) is 6.61 Å². The molecule has 23 heteroatoms. The number of carbonyl (C=O) groups excluding carboxylic acids is 1. The molecule has 2 fully saturated rings. The van der Waals surface area contributed by atoms with Gasteiger partial charge >= 0.3 is 27.3 Å². The Morgan fingerprint density at radius 2 is 1.70 bits per heavy atom. The van der Waals surface area contributed by atoms with Crippen molar-refractivity contribution in [3.05, 3.63) is 33.1 Å². The number of aromatic amines is 1. The van der Waals surface area contributed by atoms with Gasteiger partial charge in [0.15, 0.2) is 18.6 Å². The Morgan fingerprint density at radius 1 is 1.05 bits per heavy atom. The Labute approximate surface area is 221 Å². The predicted octanol–water partition coefficient (Wildman–Crippen LogP) is -4.56. The van der Waals surface area contributed by atoms with Gasteiger partial charge in [-0.3, -0.25) is 28.2 Å². The van der Waals surface area contributed by atoms with Gasteiger partial charge in [0.2, 0.25) is 5.91 Å². The minimum absolute atomic E-state index is 0.700. The third-order valence-electron chi connectivity index (χ3n) is 5.52. The highest BCUT2D eigenvalue weighted by Gasteiger charge is 2.52. The van der Waals surface area contributed by atoms with E-state index in [1.807, 2.05) is 10.3 Å². The zero-order chi connectivity index (χ0) is 30.2. The molecular weight excluding hydrogens is 596 g/mol. The number of aliphatic carboxylic acids is 1. The van der Waals surface area contributed by atoms with E-state index in [0.717, 1.165) is 19.2 Å². The highest BCUT2D eigenvalue weighted by Crippen LogP contribution is 2.61. The smallest absolute Gasteiger partial charge is 0.479 e. The van der Waals surface area contributed by atoms with Crippen molar-refractivity contribution in [2.45, 2.75) is 62.1 Å². The Kier molecular flexibility index (Phi) is 9.85. The fraction of sp³-hybridized carbons (Fsp3) is 0.647. The number of nitrogens with one attached hydrogen (secondary N) is 2. The van der Waals surface area contributed by atoms with Gasteiger partial charge < -0.3 is 50.1 Å². The molecule has 2 aliphatic heterocycles. The molecule has 1 aromatic heterocycles. The number of carbonyl (C=O) groups is 2. The number of aromatic nitrogens is 2. The fourth-order valence-corrected chi connectivity index (χ4v) is 5.91. The number of carboxylic acids is 1. The third-order valence-corrected chi connectivity index (χ3v) is 8.12. The fourth-order valence-electron chi connectivity index (χ4n) is 3.74. The summed E-state index contributed by atoms with van der Waals surface area (Å²) in [4.78, 5) is 67.7. The van der Waals surface area contributed by atoms with Crippen LogP contribution < -0.4 is 16.6 Å². The van der Waals surface area contributed by atoms with Gasteiger partial charge in [-0.2, -0.15) is 4.31 Å². The van der Waals surface area contributed by atoms with Crippen LogP contribution in [-0.2, 0) is 41.6 Å². The van der Waals surface area contributed by atoms with Crippen molar-refractivity contribution in [2.24, 2.45) is 0 Å². The number of nitrogens with zero attached hydrogens (tertiary/aromatic N) is 1. The summed E-state index contributed by atoms with van der Waals surface area (Å²) in [7, 11) is -11.4. The first-order valence-electron chi connectivity index (χ1n) is 11.0. The van der Waals surface area contributed by atoms with Crippen LogP contribution in [0.2, 0.25) is 0 Å². The largest absolute Gasteiger partial charge is 0.483 e.